The van der Waals surface area contributed by atoms with Crippen LogP contribution in [0, 0.1) is 0 Å². The molecule has 0 spiro atoms. The normalized spacial score (nSPS) is 28.9. The van der Waals surface area contributed by atoms with Crippen molar-refractivity contribution in [1.29, 1.82) is 0 Å². The van der Waals surface area contributed by atoms with E-state index < -0.39 is 23.9 Å². The van der Waals surface area contributed by atoms with Crippen molar-refractivity contribution in [2.45, 2.75) is 55.6 Å². The molecule has 35 heavy (non-hydrogen) atoms. The lowest BCUT2D eigenvalue weighted by atomic mass is 9.90. The van der Waals surface area contributed by atoms with E-state index in [2.05, 4.69) is 5.32 Å². The predicted octanol–water partition coefficient (Wildman–Crippen LogP) is 3.55. The SMILES string of the molecule is CCO[C@@]1(COCc2ccccc2)[C@H](N[C@H](c2ccccc2)[C@@H](O)c2ccccc2)[C@H]2O[C@H]2[C@@H]1O. The molecule has 2 fully saturated rings. The molecule has 1 aliphatic heterocycles. The van der Waals surface area contributed by atoms with E-state index in [-0.39, 0.29) is 24.9 Å². The topological polar surface area (TPSA) is 83.5 Å². The molecule has 0 aromatic heterocycles. The van der Waals surface area contributed by atoms with E-state index in [1.54, 1.807) is 0 Å². The Balaban J connectivity index is 1.42. The zero-order chi connectivity index (χ0) is 24.3. The largest absolute Gasteiger partial charge is 0.387 e. The second-order valence-corrected chi connectivity index (χ2v) is 9.26. The fraction of sp³-hybridized carbons (Fsp3) is 0.379. The highest BCUT2D eigenvalue weighted by Gasteiger charge is 2.70. The minimum absolute atomic E-state index is 0.202. The van der Waals surface area contributed by atoms with Crippen LogP contribution < -0.4 is 5.32 Å². The van der Waals surface area contributed by atoms with E-state index in [1.807, 2.05) is 97.9 Å². The number of benzene rings is 3. The molecule has 1 heterocycles. The molecular formula is C29H33NO5. The third-order valence-electron chi connectivity index (χ3n) is 7.06. The van der Waals surface area contributed by atoms with Gasteiger partial charge in [0.2, 0.25) is 0 Å². The summed E-state index contributed by atoms with van der Waals surface area (Å²) in [6, 6.07) is 28.6. The van der Waals surface area contributed by atoms with Gasteiger partial charge in [0.25, 0.3) is 0 Å². The number of nitrogens with one attached hydrogen (secondary N) is 1. The lowest BCUT2D eigenvalue weighted by molar-refractivity contribution is -0.179. The molecule has 6 heteroatoms. The molecule has 6 nitrogen and oxygen atoms in total. The van der Waals surface area contributed by atoms with Gasteiger partial charge in [0, 0.05) is 6.61 Å². The molecule has 0 bridgehead atoms. The van der Waals surface area contributed by atoms with Crippen molar-refractivity contribution in [1.82, 2.24) is 5.32 Å². The Bertz CT molecular complexity index is 1070. The van der Waals surface area contributed by atoms with Gasteiger partial charge in [-0.1, -0.05) is 91.0 Å². The minimum Gasteiger partial charge on any atom is -0.387 e. The molecule has 5 rings (SSSR count). The molecule has 1 saturated heterocycles. The van der Waals surface area contributed by atoms with Gasteiger partial charge in [-0.25, -0.2) is 0 Å². The third-order valence-corrected chi connectivity index (χ3v) is 7.06. The first-order chi connectivity index (χ1) is 17.1. The monoisotopic (exact) mass is 475 g/mol. The fourth-order valence-corrected chi connectivity index (χ4v) is 5.26. The summed E-state index contributed by atoms with van der Waals surface area (Å²) in [5, 5.41) is 26.3. The van der Waals surface area contributed by atoms with Gasteiger partial charge in [0.1, 0.15) is 23.9 Å². The van der Waals surface area contributed by atoms with Crippen LogP contribution in [0.2, 0.25) is 0 Å². The molecule has 0 radical (unpaired) electrons. The smallest absolute Gasteiger partial charge is 0.138 e. The lowest BCUT2D eigenvalue weighted by Gasteiger charge is -2.42. The van der Waals surface area contributed by atoms with E-state index in [0.29, 0.717) is 13.2 Å². The molecule has 1 saturated carbocycles. The summed E-state index contributed by atoms with van der Waals surface area (Å²) in [5.41, 5.74) is 1.81. The number of rotatable bonds is 11. The van der Waals surface area contributed by atoms with Gasteiger partial charge < -0.3 is 24.4 Å². The fourth-order valence-electron chi connectivity index (χ4n) is 5.26. The Morgan fingerprint density at radius 1 is 0.886 bits per heavy atom. The molecule has 0 amide bonds. The van der Waals surface area contributed by atoms with Gasteiger partial charge in [-0.2, -0.15) is 0 Å². The van der Waals surface area contributed by atoms with E-state index in [4.69, 9.17) is 14.2 Å². The number of hydrogen-bond acceptors (Lipinski definition) is 6. The van der Waals surface area contributed by atoms with Crippen molar-refractivity contribution < 1.29 is 24.4 Å². The van der Waals surface area contributed by atoms with Gasteiger partial charge in [0.15, 0.2) is 0 Å². The second-order valence-electron chi connectivity index (χ2n) is 9.26. The number of aliphatic hydroxyl groups excluding tert-OH is 2. The van der Waals surface area contributed by atoms with Gasteiger partial charge in [-0.3, -0.25) is 5.32 Å². The first-order valence-corrected chi connectivity index (χ1v) is 12.3. The average Bonchev–Trinajstić information content (AvgIpc) is 3.66. The van der Waals surface area contributed by atoms with Crippen molar-refractivity contribution in [2.75, 3.05) is 13.2 Å². The van der Waals surface area contributed by atoms with Crippen LogP contribution in [0.25, 0.3) is 0 Å². The zero-order valence-electron chi connectivity index (χ0n) is 19.9. The van der Waals surface area contributed by atoms with E-state index >= 15 is 0 Å². The highest BCUT2D eigenvalue weighted by Crippen LogP contribution is 2.49. The molecule has 3 N–H and O–H groups in total. The van der Waals surface area contributed by atoms with Crippen molar-refractivity contribution in [3.8, 4) is 0 Å². The summed E-state index contributed by atoms with van der Waals surface area (Å²) in [7, 11) is 0. The number of ether oxygens (including phenoxy) is 3. The number of fused-ring (bicyclic) bond motifs is 1. The minimum atomic E-state index is -0.999. The van der Waals surface area contributed by atoms with Gasteiger partial charge in [-0.15, -0.1) is 0 Å². The molecular weight excluding hydrogens is 442 g/mol. The summed E-state index contributed by atoms with van der Waals surface area (Å²) < 4.78 is 18.2. The van der Waals surface area contributed by atoms with Crippen molar-refractivity contribution >= 4 is 0 Å². The Morgan fingerprint density at radius 2 is 1.49 bits per heavy atom. The predicted molar refractivity (Wildman–Crippen MR) is 133 cm³/mol. The van der Waals surface area contributed by atoms with Crippen LogP contribution in [0.4, 0.5) is 0 Å². The quantitative estimate of drug-likeness (QED) is 0.368. The first-order valence-electron chi connectivity index (χ1n) is 12.3. The van der Waals surface area contributed by atoms with Gasteiger partial charge >= 0.3 is 0 Å². The molecule has 2 aliphatic rings. The van der Waals surface area contributed by atoms with Crippen molar-refractivity contribution in [3.63, 3.8) is 0 Å². The van der Waals surface area contributed by atoms with Crippen molar-refractivity contribution in [3.05, 3.63) is 108 Å². The highest BCUT2D eigenvalue weighted by molar-refractivity contribution is 5.29. The molecule has 0 unspecified atom stereocenters. The lowest BCUT2D eigenvalue weighted by Crippen LogP contribution is -2.62. The molecule has 7 atom stereocenters. The summed E-state index contributed by atoms with van der Waals surface area (Å²) in [5.74, 6) is 0. The molecule has 184 valence electrons. The van der Waals surface area contributed by atoms with E-state index in [9.17, 15) is 10.2 Å². The maximum absolute atomic E-state index is 11.4. The number of aliphatic hydroxyl groups is 2. The Morgan fingerprint density at radius 3 is 2.11 bits per heavy atom. The Labute approximate surface area is 206 Å². The number of hydrogen-bond donors (Lipinski definition) is 3. The van der Waals surface area contributed by atoms with Crippen LogP contribution in [-0.4, -0.2) is 53.4 Å². The van der Waals surface area contributed by atoms with Crippen molar-refractivity contribution in [2.24, 2.45) is 0 Å². The van der Waals surface area contributed by atoms with Crippen LogP contribution in [0.5, 0.6) is 0 Å². The Kier molecular flexibility index (Phi) is 7.29. The summed E-state index contributed by atoms with van der Waals surface area (Å²) >= 11 is 0. The maximum atomic E-state index is 11.4. The van der Waals surface area contributed by atoms with Gasteiger partial charge in [0.05, 0.1) is 31.4 Å². The zero-order valence-corrected chi connectivity index (χ0v) is 19.9. The van der Waals surface area contributed by atoms with E-state index in [0.717, 1.165) is 16.7 Å². The molecule has 3 aromatic carbocycles. The third kappa shape index (κ3) is 4.91. The summed E-state index contributed by atoms with van der Waals surface area (Å²) in [6.45, 7) is 2.95. The number of epoxide rings is 1. The molecule has 1 aliphatic carbocycles. The van der Waals surface area contributed by atoms with Crippen LogP contribution >= 0.6 is 0 Å². The highest BCUT2D eigenvalue weighted by atomic mass is 16.6. The van der Waals surface area contributed by atoms with E-state index in [1.165, 1.54) is 0 Å². The van der Waals surface area contributed by atoms with Crippen LogP contribution in [0.1, 0.15) is 35.8 Å². The van der Waals surface area contributed by atoms with Crippen LogP contribution in [0.15, 0.2) is 91.0 Å². The first kappa shape index (κ1) is 24.1. The Hall–Kier alpha value is -2.58. The summed E-state index contributed by atoms with van der Waals surface area (Å²) in [6.07, 6.45) is -2.18. The average molecular weight is 476 g/mol. The molecule has 3 aromatic rings. The van der Waals surface area contributed by atoms with Crippen LogP contribution in [0.3, 0.4) is 0 Å². The second kappa shape index (κ2) is 10.6. The van der Waals surface area contributed by atoms with Crippen LogP contribution in [-0.2, 0) is 20.8 Å². The summed E-state index contributed by atoms with van der Waals surface area (Å²) in [4.78, 5) is 0. The maximum Gasteiger partial charge on any atom is 0.138 e. The van der Waals surface area contributed by atoms with Gasteiger partial charge in [-0.05, 0) is 23.6 Å². The standard InChI is InChI=1S/C29H33NO5/c1-2-34-29(19-33-18-20-12-6-3-7-13-20)27(25-26(35-25)28(29)32)30-23(21-14-8-4-9-15-21)24(31)22-16-10-5-11-17-22/h3-17,23-28,30-32H,2,18-19H2,1H3/t23-,24+,25+,26-,27-,28+,29+/m1/s1.